The summed E-state index contributed by atoms with van der Waals surface area (Å²) in [5.41, 5.74) is 0.552. The highest BCUT2D eigenvalue weighted by atomic mass is 19.1. The van der Waals surface area contributed by atoms with Gasteiger partial charge in [-0.15, -0.1) is 0 Å². The Kier molecular flexibility index (Phi) is 1.62. The molecule has 0 saturated heterocycles. The molecule has 0 spiro atoms. The molecule has 0 amide bonds. The molecule has 1 N–H and O–H groups in total. The molecule has 0 saturated carbocycles. The van der Waals surface area contributed by atoms with E-state index in [1.807, 2.05) is 0 Å². The number of fused-ring (bicyclic) bond motifs is 1. The first kappa shape index (κ1) is 7.91. The first-order chi connectivity index (χ1) is 6.20. The lowest BCUT2D eigenvalue weighted by atomic mass is 10.1. The summed E-state index contributed by atoms with van der Waals surface area (Å²) in [6, 6.07) is 2.87. The largest absolute Gasteiger partial charge is 0.313 e. The average molecular weight is 178 g/mol. The minimum atomic E-state index is -0.466. The molecule has 0 bridgehead atoms. The van der Waals surface area contributed by atoms with Crippen LogP contribution in [-0.2, 0) is 0 Å². The third-order valence-corrected chi connectivity index (χ3v) is 1.95. The predicted molar refractivity (Wildman–Crippen MR) is 47.1 cm³/mol. The molecule has 1 heterocycles. The summed E-state index contributed by atoms with van der Waals surface area (Å²) in [7, 11) is 0. The summed E-state index contributed by atoms with van der Waals surface area (Å²) >= 11 is 0. The third-order valence-electron chi connectivity index (χ3n) is 1.95. The quantitative estimate of drug-likeness (QED) is 0.662. The van der Waals surface area contributed by atoms with E-state index in [-0.39, 0.29) is 11.1 Å². The normalized spacial score (nSPS) is 10.6. The standard InChI is InChI=1S/C9H7FN2O/c1-5-2-3-6(10)8-7(5)9(13)12-4-11-8/h2-4H,1H3,(H,11,12,13). The van der Waals surface area contributed by atoms with Crippen LogP contribution in [0.2, 0.25) is 0 Å². The van der Waals surface area contributed by atoms with Crippen LogP contribution in [-0.4, -0.2) is 9.97 Å². The smallest absolute Gasteiger partial charge is 0.258 e. The molecule has 2 aromatic rings. The molecule has 0 aliphatic carbocycles. The summed E-state index contributed by atoms with van der Waals surface area (Å²) in [5.74, 6) is -0.466. The van der Waals surface area contributed by atoms with Crippen LogP contribution < -0.4 is 5.56 Å². The highest BCUT2D eigenvalue weighted by Gasteiger charge is 2.06. The monoisotopic (exact) mass is 178 g/mol. The van der Waals surface area contributed by atoms with Crippen molar-refractivity contribution in [2.24, 2.45) is 0 Å². The number of nitrogens with zero attached hydrogens (tertiary/aromatic N) is 1. The molecule has 0 aliphatic rings. The number of nitrogens with one attached hydrogen (secondary N) is 1. The van der Waals surface area contributed by atoms with Crippen molar-refractivity contribution in [2.45, 2.75) is 6.92 Å². The van der Waals surface area contributed by atoms with Gasteiger partial charge < -0.3 is 4.98 Å². The zero-order valence-electron chi connectivity index (χ0n) is 6.97. The second-order valence-corrected chi connectivity index (χ2v) is 2.82. The highest BCUT2D eigenvalue weighted by molar-refractivity contribution is 5.81. The van der Waals surface area contributed by atoms with Gasteiger partial charge in [0.15, 0.2) is 0 Å². The van der Waals surface area contributed by atoms with Crippen molar-refractivity contribution in [3.05, 3.63) is 40.2 Å². The van der Waals surface area contributed by atoms with Gasteiger partial charge in [-0.25, -0.2) is 9.37 Å². The molecule has 4 heteroatoms. The second kappa shape index (κ2) is 2.65. The predicted octanol–water partition coefficient (Wildman–Crippen LogP) is 1.37. The van der Waals surface area contributed by atoms with E-state index in [4.69, 9.17) is 0 Å². The number of hydrogen-bond acceptors (Lipinski definition) is 2. The van der Waals surface area contributed by atoms with Gasteiger partial charge >= 0.3 is 0 Å². The van der Waals surface area contributed by atoms with E-state index in [0.29, 0.717) is 5.39 Å². The average Bonchev–Trinajstić information content (AvgIpc) is 2.12. The SMILES string of the molecule is Cc1ccc(F)c2nc[nH]c(=O)c12. The molecule has 0 fully saturated rings. The van der Waals surface area contributed by atoms with Crippen molar-refractivity contribution in [2.75, 3.05) is 0 Å². The number of rotatable bonds is 0. The number of benzene rings is 1. The van der Waals surface area contributed by atoms with E-state index in [1.54, 1.807) is 13.0 Å². The van der Waals surface area contributed by atoms with Gasteiger partial charge in [-0.2, -0.15) is 0 Å². The Labute approximate surface area is 73.2 Å². The Morgan fingerprint density at radius 3 is 2.92 bits per heavy atom. The Balaban J connectivity index is 3.09. The Morgan fingerprint density at radius 2 is 2.23 bits per heavy atom. The Hall–Kier alpha value is -1.71. The summed E-state index contributed by atoms with van der Waals surface area (Å²) in [6.45, 7) is 1.75. The van der Waals surface area contributed by atoms with Gasteiger partial charge in [0.1, 0.15) is 11.3 Å². The van der Waals surface area contributed by atoms with E-state index in [1.165, 1.54) is 12.4 Å². The van der Waals surface area contributed by atoms with Crippen LogP contribution in [0, 0.1) is 12.7 Å². The highest BCUT2D eigenvalue weighted by Crippen LogP contribution is 2.14. The van der Waals surface area contributed by atoms with Gasteiger partial charge in [-0.3, -0.25) is 4.79 Å². The molecule has 66 valence electrons. The van der Waals surface area contributed by atoms with Crippen molar-refractivity contribution >= 4 is 10.9 Å². The lowest BCUT2D eigenvalue weighted by molar-refractivity contribution is 0.636. The van der Waals surface area contributed by atoms with E-state index in [2.05, 4.69) is 9.97 Å². The van der Waals surface area contributed by atoms with Crippen molar-refractivity contribution in [1.29, 1.82) is 0 Å². The molecule has 0 aliphatic heterocycles. The van der Waals surface area contributed by atoms with Crippen LogP contribution in [0.3, 0.4) is 0 Å². The lowest BCUT2D eigenvalue weighted by Gasteiger charge is -1.99. The topological polar surface area (TPSA) is 45.8 Å². The fourth-order valence-electron chi connectivity index (χ4n) is 1.31. The Bertz CT molecular complexity index is 518. The van der Waals surface area contributed by atoms with E-state index >= 15 is 0 Å². The molecule has 0 unspecified atom stereocenters. The number of H-pyrrole nitrogens is 1. The van der Waals surface area contributed by atoms with Crippen LogP contribution in [0.1, 0.15) is 5.56 Å². The summed E-state index contributed by atoms with van der Waals surface area (Å²) in [6.07, 6.45) is 1.20. The third kappa shape index (κ3) is 1.11. The minimum Gasteiger partial charge on any atom is -0.313 e. The van der Waals surface area contributed by atoms with Crippen LogP contribution in [0.4, 0.5) is 4.39 Å². The van der Waals surface area contributed by atoms with Gasteiger partial charge in [0.05, 0.1) is 11.7 Å². The zero-order valence-corrected chi connectivity index (χ0v) is 6.97. The van der Waals surface area contributed by atoms with E-state index < -0.39 is 5.82 Å². The molecule has 0 radical (unpaired) electrons. The van der Waals surface area contributed by atoms with Gasteiger partial charge in [0.2, 0.25) is 0 Å². The molecular weight excluding hydrogens is 171 g/mol. The second-order valence-electron chi connectivity index (χ2n) is 2.82. The summed E-state index contributed by atoms with van der Waals surface area (Å²) < 4.78 is 13.1. The Morgan fingerprint density at radius 1 is 1.46 bits per heavy atom. The zero-order chi connectivity index (χ0) is 9.42. The van der Waals surface area contributed by atoms with Crippen molar-refractivity contribution in [1.82, 2.24) is 9.97 Å². The number of aryl methyl sites for hydroxylation is 1. The number of aromatic nitrogens is 2. The van der Waals surface area contributed by atoms with Crippen molar-refractivity contribution in [3.8, 4) is 0 Å². The maximum absolute atomic E-state index is 13.1. The van der Waals surface area contributed by atoms with Crippen LogP contribution in [0.15, 0.2) is 23.3 Å². The molecule has 0 atom stereocenters. The lowest BCUT2D eigenvalue weighted by Crippen LogP contribution is -2.08. The van der Waals surface area contributed by atoms with Crippen molar-refractivity contribution in [3.63, 3.8) is 0 Å². The van der Waals surface area contributed by atoms with Crippen LogP contribution in [0.5, 0.6) is 0 Å². The fourth-order valence-corrected chi connectivity index (χ4v) is 1.31. The van der Waals surface area contributed by atoms with Crippen molar-refractivity contribution < 1.29 is 4.39 Å². The van der Waals surface area contributed by atoms with Gasteiger partial charge in [0, 0.05) is 0 Å². The summed E-state index contributed by atoms with van der Waals surface area (Å²) in [4.78, 5) is 17.5. The molecule has 1 aromatic carbocycles. The number of halogens is 1. The fraction of sp³-hybridized carbons (Fsp3) is 0.111. The van der Waals surface area contributed by atoms with E-state index in [9.17, 15) is 9.18 Å². The van der Waals surface area contributed by atoms with E-state index in [0.717, 1.165) is 5.56 Å². The molecular formula is C9H7FN2O. The maximum atomic E-state index is 13.1. The molecule has 13 heavy (non-hydrogen) atoms. The van der Waals surface area contributed by atoms with Crippen LogP contribution >= 0.6 is 0 Å². The number of aromatic amines is 1. The number of hydrogen-bond donors (Lipinski definition) is 1. The molecule has 3 nitrogen and oxygen atoms in total. The van der Waals surface area contributed by atoms with Gasteiger partial charge in [0.25, 0.3) is 5.56 Å². The minimum absolute atomic E-state index is 0.128. The maximum Gasteiger partial charge on any atom is 0.258 e. The van der Waals surface area contributed by atoms with Gasteiger partial charge in [-0.1, -0.05) is 6.07 Å². The first-order valence-electron chi connectivity index (χ1n) is 3.82. The van der Waals surface area contributed by atoms with Gasteiger partial charge in [-0.05, 0) is 18.6 Å². The van der Waals surface area contributed by atoms with Crippen LogP contribution in [0.25, 0.3) is 10.9 Å². The first-order valence-corrected chi connectivity index (χ1v) is 3.82. The molecule has 2 rings (SSSR count). The molecule has 1 aromatic heterocycles. The summed E-state index contributed by atoms with van der Waals surface area (Å²) in [5, 5.41) is 0.322.